The van der Waals surface area contributed by atoms with Gasteiger partial charge in [-0.1, -0.05) is 6.07 Å². The lowest BCUT2D eigenvalue weighted by atomic mass is 9.98. The molecule has 0 N–H and O–H groups in total. The van der Waals surface area contributed by atoms with Crippen LogP contribution in [0.5, 0.6) is 11.5 Å². The first-order valence-corrected chi connectivity index (χ1v) is 7.22. The summed E-state index contributed by atoms with van der Waals surface area (Å²) in [6.07, 6.45) is 2.22. The average Bonchev–Trinajstić information content (AvgIpc) is 2.53. The van der Waals surface area contributed by atoms with E-state index in [1.165, 1.54) is 7.11 Å². The lowest BCUT2D eigenvalue weighted by Gasteiger charge is -2.29. The normalized spacial score (nSPS) is 16.5. The van der Waals surface area contributed by atoms with E-state index in [-0.39, 0.29) is 0 Å². The van der Waals surface area contributed by atoms with Crippen LogP contribution in [0.2, 0.25) is 0 Å². The highest BCUT2D eigenvalue weighted by molar-refractivity contribution is 5.93. The van der Waals surface area contributed by atoms with Gasteiger partial charge in [-0.15, -0.1) is 0 Å². The number of methoxy groups -OCH3 is 2. The number of esters is 1. The molecular weight excluding hydrogens is 270 g/mol. The smallest absolute Gasteiger partial charge is 0.341 e. The fourth-order valence-electron chi connectivity index (χ4n) is 2.53. The fraction of sp³-hybridized carbons (Fsp3) is 0.562. The molecule has 116 valence electrons. The first kappa shape index (κ1) is 15.6. The molecule has 1 aromatic carbocycles. The van der Waals surface area contributed by atoms with Gasteiger partial charge < -0.3 is 19.1 Å². The van der Waals surface area contributed by atoms with Crippen LogP contribution in [0.25, 0.3) is 0 Å². The Morgan fingerprint density at radius 1 is 1.29 bits per heavy atom. The second-order valence-electron chi connectivity index (χ2n) is 5.39. The highest BCUT2D eigenvalue weighted by Crippen LogP contribution is 2.32. The number of nitrogens with zero attached hydrogens (tertiary/aromatic N) is 1. The Morgan fingerprint density at radius 3 is 2.62 bits per heavy atom. The Morgan fingerprint density at radius 2 is 2.00 bits per heavy atom. The molecule has 2 rings (SSSR count). The van der Waals surface area contributed by atoms with Gasteiger partial charge in [-0.2, -0.15) is 0 Å². The molecule has 0 amide bonds. The number of carbonyl (C=O) groups excluding carboxylic acids is 1. The molecule has 5 nitrogen and oxygen atoms in total. The molecule has 0 bridgehead atoms. The van der Waals surface area contributed by atoms with Crippen molar-refractivity contribution in [1.29, 1.82) is 0 Å². The number of likely N-dealkylation sites (tertiary alicyclic amines) is 1. The predicted molar refractivity (Wildman–Crippen MR) is 80.0 cm³/mol. The summed E-state index contributed by atoms with van der Waals surface area (Å²) in [6.45, 7) is 2.77. The highest BCUT2D eigenvalue weighted by atomic mass is 16.5. The number of hydrogen-bond acceptors (Lipinski definition) is 5. The zero-order chi connectivity index (χ0) is 15.2. The number of piperidine rings is 1. The van der Waals surface area contributed by atoms with Crippen LogP contribution in [0.15, 0.2) is 18.2 Å². The van der Waals surface area contributed by atoms with Crippen molar-refractivity contribution in [2.45, 2.75) is 12.8 Å². The second-order valence-corrected chi connectivity index (χ2v) is 5.39. The van der Waals surface area contributed by atoms with Gasteiger partial charge in [0.1, 0.15) is 5.56 Å². The molecule has 0 aromatic heterocycles. The summed E-state index contributed by atoms with van der Waals surface area (Å²) >= 11 is 0. The van der Waals surface area contributed by atoms with Gasteiger partial charge in [0.25, 0.3) is 0 Å². The van der Waals surface area contributed by atoms with E-state index in [1.807, 2.05) is 0 Å². The van der Waals surface area contributed by atoms with Gasteiger partial charge in [0.05, 0.1) is 20.8 Å². The Bertz CT molecular complexity index is 481. The molecule has 21 heavy (non-hydrogen) atoms. The van der Waals surface area contributed by atoms with Crippen LogP contribution < -0.4 is 9.47 Å². The van der Waals surface area contributed by atoms with Crippen molar-refractivity contribution < 1.29 is 19.0 Å². The van der Waals surface area contributed by atoms with Gasteiger partial charge in [0, 0.05) is 0 Å². The number of para-hydroxylation sites is 1. The largest absolute Gasteiger partial charge is 0.493 e. The van der Waals surface area contributed by atoms with Gasteiger partial charge in [-0.05, 0) is 51.0 Å². The Hall–Kier alpha value is -1.75. The van der Waals surface area contributed by atoms with Gasteiger partial charge >= 0.3 is 5.97 Å². The van der Waals surface area contributed by atoms with Crippen molar-refractivity contribution >= 4 is 5.97 Å². The molecule has 0 atom stereocenters. The van der Waals surface area contributed by atoms with Crippen LogP contribution in [0.1, 0.15) is 23.2 Å². The van der Waals surface area contributed by atoms with Crippen molar-refractivity contribution in [3.63, 3.8) is 0 Å². The molecule has 0 spiro atoms. The summed E-state index contributed by atoms with van der Waals surface area (Å²) in [4.78, 5) is 14.2. The van der Waals surface area contributed by atoms with E-state index >= 15 is 0 Å². The van der Waals surface area contributed by atoms with E-state index in [0.717, 1.165) is 25.9 Å². The molecule has 0 radical (unpaired) electrons. The number of carbonyl (C=O) groups is 1. The maximum Gasteiger partial charge on any atom is 0.341 e. The maximum absolute atomic E-state index is 11.8. The molecule has 1 heterocycles. The summed E-state index contributed by atoms with van der Waals surface area (Å²) in [5.41, 5.74) is 0.407. The fourth-order valence-corrected chi connectivity index (χ4v) is 2.53. The number of ether oxygens (including phenoxy) is 3. The van der Waals surface area contributed by atoms with Gasteiger partial charge in [-0.3, -0.25) is 0 Å². The molecule has 1 saturated heterocycles. The molecule has 5 heteroatoms. The molecule has 0 aliphatic carbocycles. The molecule has 1 aliphatic heterocycles. The minimum atomic E-state index is -0.410. The van der Waals surface area contributed by atoms with Crippen LogP contribution in [-0.4, -0.2) is 51.8 Å². The Kier molecular flexibility index (Phi) is 5.44. The minimum Gasteiger partial charge on any atom is -0.493 e. The zero-order valence-electron chi connectivity index (χ0n) is 12.9. The third-order valence-corrected chi connectivity index (χ3v) is 3.91. The van der Waals surface area contributed by atoms with E-state index in [9.17, 15) is 4.79 Å². The molecule has 1 aromatic rings. The highest BCUT2D eigenvalue weighted by Gasteiger charge is 2.21. The lowest BCUT2D eigenvalue weighted by molar-refractivity contribution is 0.0593. The summed E-state index contributed by atoms with van der Waals surface area (Å²) in [7, 11) is 5.06. The van der Waals surface area contributed by atoms with Crippen molar-refractivity contribution in [2.24, 2.45) is 5.92 Å². The standard InChI is InChI=1S/C16H23NO4/c1-17-9-7-12(8-10-17)11-21-15-13(16(18)20-3)5-4-6-14(15)19-2/h4-6,12H,7-11H2,1-3H3. The van der Waals surface area contributed by atoms with Crippen LogP contribution in [0.3, 0.4) is 0 Å². The van der Waals surface area contributed by atoms with E-state index in [4.69, 9.17) is 14.2 Å². The predicted octanol–water partition coefficient (Wildman–Crippen LogP) is 2.20. The van der Waals surface area contributed by atoms with E-state index in [0.29, 0.717) is 29.6 Å². The van der Waals surface area contributed by atoms with Gasteiger partial charge in [-0.25, -0.2) is 4.79 Å². The third-order valence-electron chi connectivity index (χ3n) is 3.91. The third kappa shape index (κ3) is 3.88. The van der Waals surface area contributed by atoms with Crippen molar-refractivity contribution in [1.82, 2.24) is 4.90 Å². The first-order valence-electron chi connectivity index (χ1n) is 7.22. The summed E-state index contributed by atoms with van der Waals surface area (Å²) in [5, 5.41) is 0. The Labute approximate surface area is 125 Å². The first-order chi connectivity index (χ1) is 10.2. The van der Waals surface area contributed by atoms with Crippen LogP contribution in [0, 0.1) is 5.92 Å². The molecule has 0 unspecified atom stereocenters. The van der Waals surface area contributed by atoms with E-state index in [1.54, 1.807) is 25.3 Å². The topological polar surface area (TPSA) is 48.0 Å². The number of benzene rings is 1. The number of hydrogen-bond donors (Lipinski definition) is 0. The SMILES string of the molecule is COC(=O)c1cccc(OC)c1OCC1CCN(C)CC1. The molecule has 1 aliphatic rings. The van der Waals surface area contributed by atoms with Gasteiger partial charge in [0.2, 0.25) is 0 Å². The summed E-state index contributed by atoms with van der Waals surface area (Å²) in [6, 6.07) is 5.24. The summed E-state index contributed by atoms with van der Waals surface area (Å²) < 4.78 is 16.0. The molecule has 0 saturated carbocycles. The molecule has 1 fully saturated rings. The lowest BCUT2D eigenvalue weighted by Crippen LogP contribution is -2.32. The van der Waals surface area contributed by atoms with Crippen molar-refractivity contribution in [2.75, 3.05) is 41.0 Å². The van der Waals surface area contributed by atoms with Gasteiger partial charge in [0.15, 0.2) is 11.5 Å². The van der Waals surface area contributed by atoms with E-state index < -0.39 is 5.97 Å². The summed E-state index contributed by atoms with van der Waals surface area (Å²) in [5.74, 6) is 1.14. The average molecular weight is 293 g/mol. The monoisotopic (exact) mass is 293 g/mol. The van der Waals surface area contributed by atoms with Crippen molar-refractivity contribution in [3.8, 4) is 11.5 Å². The van der Waals surface area contributed by atoms with Crippen LogP contribution in [-0.2, 0) is 4.74 Å². The second kappa shape index (κ2) is 7.31. The van der Waals surface area contributed by atoms with Crippen molar-refractivity contribution in [3.05, 3.63) is 23.8 Å². The minimum absolute atomic E-state index is 0.407. The van der Waals surface area contributed by atoms with Crippen LogP contribution in [0.4, 0.5) is 0 Å². The zero-order valence-corrected chi connectivity index (χ0v) is 12.9. The quantitative estimate of drug-likeness (QED) is 0.779. The number of rotatable bonds is 5. The maximum atomic E-state index is 11.8. The van der Waals surface area contributed by atoms with Crippen LogP contribution >= 0.6 is 0 Å². The molecular formula is C16H23NO4. The Balaban J connectivity index is 2.08. The van der Waals surface area contributed by atoms with E-state index in [2.05, 4.69) is 11.9 Å².